The molecule has 1 N–H and O–H groups in total. The molecule has 3 aromatic rings. The Morgan fingerprint density at radius 1 is 1.00 bits per heavy atom. The highest BCUT2D eigenvalue weighted by Crippen LogP contribution is 2.35. The predicted octanol–water partition coefficient (Wildman–Crippen LogP) is 3.78. The Labute approximate surface area is 157 Å². The fraction of sp³-hybridized carbons (Fsp3) is 0.143. The van der Waals surface area contributed by atoms with Gasteiger partial charge >= 0.3 is 0 Å². The van der Waals surface area contributed by atoms with Crippen molar-refractivity contribution >= 4 is 34.9 Å². The van der Waals surface area contributed by atoms with Crippen LogP contribution in [0.15, 0.2) is 66.0 Å². The Morgan fingerprint density at radius 2 is 1.85 bits per heavy atom. The van der Waals surface area contributed by atoms with Gasteiger partial charge in [-0.1, -0.05) is 30.3 Å². The monoisotopic (exact) mass is 354 g/mol. The van der Waals surface area contributed by atoms with Gasteiger partial charge in [0, 0.05) is 48.5 Å². The predicted molar refractivity (Wildman–Crippen MR) is 108 cm³/mol. The molecule has 6 nitrogen and oxygen atoms in total. The maximum atomic E-state index is 4.81. The second-order valence-corrected chi connectivity index (χ2v) is 6.47. The van der Waals surface area contributed by atoms with Crippen LogP contribution in [0.2, 0.25) is 0 Å². The zero-order chi connectivity index (χ0) is 18.1. The van der Waals surface area contributed by atoms with Crippen molar-refractivity contribution in [3.05, 3.63) is 72.2 Å². The average Bonchev–Trinajstić information content (AvgIpc) is 2.75. The quantitative estimate of drug-likeness (QED) is 0.775. The van der Waals surface area contributed by atoms with Crippen molar-refractivity contribution in [1.29, 1.82) is 0 Å². The first kappa shape index (κ1) is 15.7. The van der Waals surface area contributed by atoms with Gasteiger partial charge in [-0.05, 0) is 30.2 Å². The van der Waals surface area contributed by atoms with E-state index in [-0.39, 0.29) is 0 Å². The number of benzene rings is 1. The van der Waals surface area contributed by atoms with Crippen molar-refractivity contribution < 1.29 is 0 Å². The van der Waals surface area contributed by atoms with E-state index in [1.54, 1.807) is 12.4 Å². The van der Waals surface area contributed by atoms with Crippen molar-refractivity contribution in [3.8, 4) is 0 Å². The standard InChI is InChI=1S/C21H18N6/c1-2-5-15(6-3-1)18-13-16-14-24-21(25-17-7-10-22-11-8-17)26-19(16)27-12-4-9-23-20(18)27/h1-3,5-8,10-11,13-14H,4,9,12H2,(H,22,24,25,26). The van der Waals surface area contributed by atoms with Gasteiger partial charge in [0.1, 0.15) is 11.7 Å². The molecule has 5 rings (SSSR count). The SMILES string of the molecule is C1=C(c2ccccc2)C2=NCCCN2c2nc(Nc3ccncc3)ncc21. The van der Waals surface area contributed by atoms with E-state index in [1.165, 1.54) is 0 Å². The normalized spacial score (nSPS) is 15.3. The topological polar surface area (TPSA) is 66.3 Å². The van der Waals surface area contributed by atoms with Crippen molar-refractivity contribution in [2.24, 2.45) is 4.99 Å². The van der Waals surface area contributed by atoms with Crippen LogP contribution < -0.4 is 10.2 Å². The molecule has 2 aliphatic heterocycles. The molecule has 0 amide bonds. The molecule has 0 saturated carbocycles. The van der Waals surface area contributed by atoms with Crippen LogP contribution in [0.5, 0.6) is 0 Å². The lowest BCUT2D eigenvalue weighted by molar-refractivity contribution is 0.784. The summed E-state index contributed by atoms with van der Waals surface area (Å²) in [6.07, 6.45) is 8.51. The smallest absolute Gasteiger partial charge is 0.229 e. The van der Waals surface area contributed by atoms with E-state index < -0.39 is 0 Å². The van der Waals surface area contributed by atoms with Gasteiger partial charge in [0.15, 0.2) is 0 Å². The first-order valence-corrected chi connectivity index (χ1v) is 9.02. The molecule has 27 heavy (non-hydrogen) atoms. The van der Waals surface area contributed by atoms with Gasteiger partial charge in [0.25, 0.3) is 0 Å². The molecule has 2 aromatic heterocycles. The number of rotatable bonds is 3. The van der Waals surface area contributed by atoms with Crippen LogP contribution in [0.3, 0.4) is 0 Å². The minimum Gasteiger partial charge on any atom is -0.324 e. The van der Waals surface area contributed by atoms with Crippen LogP contribution in [0, 0.1) is 0 Å². The summed E-state index contributed by atoms with van der Waals surface area (Å²) in [6.45, 7) is 1.75. The van der Waals surface area contributed by atoms with Gasteiger partial charge in [0.2, 0.25) is 5.95 Å². The number of aromatic nitrogens is 3. The van der Waals surface area contributed by atoms with E-state index in [2.05, 4.69) is 50.5 Å². The largest absolute Gasteiger partial charge is 0.324 e. The molecule has 0 saturated heterocycles. The summed E-state index contributed by atoms with van der Waals surface area (Å²) in [5.74, 6) is 2.47. The lowest BCUT2D eigenvalue weighted by Gasteiger charge is -2.34. The number of pyridine rings is 1. The first-order chi connectivity index (χ1) is 13.4. The highest BCUT2D eigenvalue weighted by molar-refractivity contribution is 6.35. The summed E-state index contributed by atoms with van der Waals surface area (Å²) in [5.41, 5.74) is 4.21. The number of aliphatic imine (C=N–C) groups is 1. The second kappa shape index (κ2) is 6.64. The van der Waals surface area contributed by atoms with Gasteiger partial charge < -0.3 is 10.2 Å². The Balaban J connectivity index is 1.58. The van der Waals surface area contributed by atoms with Crippen LogP contribution in [0.1, 0.15) is 17.5 Å². The molecule has 0 aliphatic carbocycles. The fourth-order valence-electron chi connectivity index (χ4n) is 3.42. The highest BCUT2D eigenvalue weighted by Gasteiger charge is 2.29. The van der Waals surface area contributed by atoms with Crippen molar-refractivity contribution in [2.75, 3.05) is 23.3 Å². The average molecular weight is 354 g/mol. The first-order valence-electron chi connectivity index (χ1n) is 9.02. The number of hydrogen-bond donors (Lipinski definition) is 1. The summed E-state index contributed by atoms with van der Waals surface area (Å²) in [5, 5.41) is 3.24. The van der Waals surface area contributed by atoms with Crippen LogP contribution >= 0.6 is 0 Å². The molecule has 6 heteroatoms. The van der Waals surface area contributed by atoms with Crippen LogP contribution in [0.25, 0.3) is 11.6 Å². The number of nitrogens with zero attached hydrogens (tertiary/aromatic N) is 5. The Bertz CT molecular complexity index is 1030. The molecule has 1 aromatic carbocycles. The maximum Gasteiger partial charge on any atom is 0.229 e. The molecule has 0 atom stereocenters. The number of fused-ring (bicyclic) bond motifs is 3. The summed E-state index contributed by atoms with van der Waals surface area (Å²) >= 11 is 0. The number of hydrogen-bond acceptors (Lipinski definition) is 6. The Morgan fingerprint density at radius 3 is 2.70 bits per heavy atom. The molecule has 0 unspecified atom stereocenters. The molecule has 4 heterocycles. The third-order valence-corrected chi connectivity index (χ3v) is 4.67. The van der Waals surface area contributed by atoms with E-state index in [1.807, 2.05) is 24.4 Å². The van der Waals surface area contributed by atoms with E-state index in [4.69, 9.17) is 9.98 Å². The Kier molecular flexibility index (Phi) is 3.86. The maximum absolute atomic E-state index is 4.81. The molecule has 2 aliphatic rings. The minimum atomic E-state index is 0.571. The zero-order valence-electron chi connectivity index (χ0n) is 14.7. The van der Waals surface area contributed by atoms with Crippen LogP contribution in [0.4, 0.5) is 17.5 Å². The Hall–Kier alpha value is -3.54. The summed E-state index contributed by atoms with van der Waals surface area (Å²) in [6, 6.07) is 14.2. The number of amidine groups is 1. The molecular formula is C21H18N6. The minimum absolute atomic E-state index is 0.571. The van der Waals surface area contributed by atoms with Crippen molar-refractivity contribution in [3.63, 3.8) is 0 Å². The van der Waals surface area contributed by atoms with E-state index in [0.29, 0.717) is 5.95 Å². The third-order valence-electron chi connectivity index (χ3n) is 4.67. The van der Waals surface area contributed by atoms with E-state index in [0.717, 1.165) is 53.6 Å². The highest BCUT2D eigenvalue weighted by atomic mass is 15.3. The molecule has 0 spiro atoms. The van der Waals surface area contributed by atoms with E-state index >= 15 is 0 Å². The summed E-state index contributed by atoms with van der Waals surface area (Å²) in [4.78, 5) is 20.3. The van der Waals surface area contributed by atoms with Gasteiger partial charge in [-0.15, -0.1) is 0 Å². The lowest BCUT2D eigenvalue weighted by atomic mass is 9.97. The number of nitrogens with one attached hydrogen (secondary N) is 1. The van der Waals surface area contributed by atoms with Gasteiger partial charge in [-0.2, -0.15) is 4.98 Å². The van der Waals surface area contributed by atoms with Gasteiger partial charge in [-0.3, -0.25) is 9.98 Å². The van der Waals surface area contributed by atoms with Crippen molar-refractivity contribution in [2.45, 2.75) is 6.42 Å². The second-order valence-electron chi connectivity index (χ2n) is 6.47. The molecule has 0 radical (unpaired) electrons. The van der Waals surface area contributed by atoms with Gasteiger partial charge in [0.05, 0.1) is 0 Å². The molecule has 0 fully saturated rings. The molecule has 0 bridgehead atoms. The van der Waals surface area contributed by atoms with Crippen LogP contribution in [-0.4, -0.2) is 33.9 Å². The van der Waals surface area contributed by atoms with Crippen LogP contribution in [-0.2, 0) is 0 Å². The fourth-order valence-corrected chi connectivity index (χ4v) is 3.42. The van der Waals surface area contributed by atoms with E-state index in [9.17, 15) is 0 Å². The number of anilines is 3. The zero-order valence-corrected chi connectivity index (χ0v) is 14.7. The lowest BCUT2D eigenvalue weighted by Crippen LogP contribution is -2.39. The van der Waals surface area contributed by atoms with Crippen molar-refractivity contribution in [1.82, 2.24) is 15.0 Å². The summed E-state index contributed by atoms with van der Waals surface area (Å²) in [7, 11) is 0. The summed E-state index contributed by atoms with van der Waals surface area (Å²) < 4.78 is 0. The molecule has 132 valence electrons. The van der Waals surface area contributed by atoms with Gasteiger partial charge in [-0.25, -0.2) is 4.98 Å². The molecular weight excluding hydrogens is 336 g/mol. The third kappa shape index (κ3) is 2.95.